The number of ketones is 1. The summed E-state index contributed by atoms with van der Waals surface area (Å²) in [4.78, 5) is 11.5. The Labute approximate surface area is 851 Å². The van der Waals surface area contributed by atoms with Gasteiger partial charge in [0.05, 0.1) is 94.8 Å². The summed E-state index contributed by atoms with van der Waals surface area (Å²) in [6.45, 7) is 1.96. The van der Waals surface area contributed by atoms with Crippen LogP contribution in [0.4, 0.5) is 143 Å². The number of carbonyl (C=O) groups excluding carboxylic acids is 1. The van der Waals surface area contributed by atoms with Gasteiger partial charge >= 0.3 is 90.0 Å². The van der Waals surface area contributed by atoms with E-state index >= 15 is 0 Å². The molecule has 0 bridgehead atoms. The van der Waals surface area contributed by atoms with E-state index in [1.807, 2.05) is 44.3 Å². The number of rotatable bonds is 23. The van der Waals surface area contributed by atoms with Crippen molar-refractivity contribution in [1.29, 1.82) is 0 Å². The van der Waals surface area contributed by atoms with Crippen molar-refractivity contribution in [3.8, 4) is 0 Å². The largest absolute Gasteiger partial charge is 1.00 e. The molecule has 6 N–H and O–H groups in total. The average molecular weight is 2120 g/mol. The zero-order valence-corrected chi connectivity index (χ0v) is 79.8. The van der Waals surface area contributed by atoms with Crippen LogP contribution in [0.2, 0.25) is 0 Å². The number of hydrogen-bond acceptors (Lipinski definition) is 25. The molecule has 0 amide bonds. The van der Waals surface area contributed by atoms with Gasteiger partial charge in [-0.1, -0.05) is 132 Å². The number of nitrogens with zero attached hydrogens (tertiary/aromatic N) is 8. The number of hydrazone groups is 4. The number of alkyl halides is 15. The monoisotopic (exact) mass is 2120 g/mol. The van der Waals surface area contributed by atoms with Gasteiger partial charge < -0.3 is 26.4 Å². The normalized spacial score (nSPS) is 16.0. The van der Waals surface area contributed by atoms with Gasteiger partial charge in [0.1, 0.15) is 57.8 Å². The van der Waals surface area contributed by atoms with Crippen LogP contribution < -0.4 is 106 Å². The van der Waals surface area contributed by atoms with Crippen LogP contribution in [0.25, 0.3) is 6.08 Å². The fraction of sp³-hybridized carbons (Fsp3) is 0.189. The zero-order valence-electron chi connectivity index (χ0n) is 73.4. The quantitative estimate of drug-likeness (QED) is 0.00757. The third-order valence-electron chi connectivity index (χ3n) is 19.8. The summed E-state index contributed by atoms with van der Waals surface area (Å²) in [7, 11) is 1.84. The van der Waals surface area contributed by atoms with Gasteiger partial charge in [-0.15, -0.1) is 4.33 Å². The second-order valence-electron chi connectivity index (χ2n) is 29.0. The smallest absolute Gasteiger partial charge is 0.691 e. The summed E-state index contributed by atoms with van der Waals surface area (Å²) in [6.07, 6.45) is -24.5. The number of aliphatic hydroxyl groups excluding tert-OH is 1. The number of carbonyl (C=O) groups is 1. The molecule has 752 valence electrons. The first-order valence-electron chi connectivity index (χ1n) is 39.8. The van der Waals surface area contributed by atoms with Crippen molar-refractivity contribution in [2.75, 3.05) is 32.5 Å². The number of benzene rings is 11. The Balaban J connectivity index is 0.000000232. The molecule has 143 heavy (non-hydrogen) atoms. The third kappa shape index (κ3) is 35.0. The first kappa shape index (κ1) is 119. The molecular formula is C90H69F26N11Na2O11S3. The minimum atomic E-state index is -4.81. The second kappa shape index (κ2) is 55.0. The van der Waals surface area contributed by atoms with Gasteiger partial charge in [0.25, 0.3) is 5.78 Å². The molecule has 0 saturated heterocycles. The van der Waals surface area contributed by atoms with Crippen LogP contribution in [-0.2, 0) is 32.9 Å². The Morgan fingerprint density at radius 1 is 0.413 bits per heavy atom. The number of aliphatic hydroxyl groups is 1. The van der Waals surface area contributed by atoms with Gasteiger partial charge in [-0.3, -0.25) is 40.7 Å². The van der Waals surface area contributed by atoms with E-state index in [0.29, 0.717) is 104 Å². The molecule has 0 aliphatic carbocycles. The molecule has 2 unspecified atom stereocenters. The molecule has 0 aromatic heterocycles. The van der Waals surface area contributed by atoms with Crippen LogP contribution in [0.5, 0.6) is 0 Å². The number of hydrazine groups is 1. The number of hydrogen-bond donors (Lipinski definition) is 5. The average Bonchev–Trinajstić information content (AvgIpc) is 1.68. The van der Waals surface area contributed by atoms with Gasteiger partial charge in [0.2, 0.25) is 0 Å². The molecule has 4 aliphatic heterocycles. The summed E-state index contributed by atoms with van der Waals surface area (Å²) in [5.41, 5.74) is -0.655. The van der Waals surface area contributed by atoms with Crippen molar-refractivity contribution in [3.05, 3.63) is 352 Å². The Hall–Kier alpha value is -10.7. The van der Waals surface area contributed by atoms with Crippen LogP contribution in [-0.4, -0.2) is 83.0 Å². The first-order chi connectivity index (χ1) is 66.6. The molecule has 15 rings (SSSR count). The van der Waals surface area contributed by atoms with E-state index < -0.39 is 185 Å². The van der Waals surface area contributed by atoms with E-state index in [4.69, 9.17) is 11.1 Å². The van der Waals surface area contributed by atoms with Gasteiger partial charge in [-0.25, -0.2) is 53.6 Å². The third-order valence-corrected chi connectivity index (χ3v) is 21.5. The fourth-order valence-electron chi connectivity index (χ4n) is 13.0. The molecule has 11 aromatic carbocycles. The number of nitrogen functional groups attached to an aromatic ring is 1. The van der Waals surface area contributed by atoms with Gasteiger partial charge in [0, 0.05) is 82.3 Å². The molecule has 0 saturated carbocycles. The van der Waals surface area contributed by atoms with Crippen LogP contribution in [0, 0.1) is 64.0 Å². The number of nitrogens with two attached hydrogens (primary N) is 1. The molecule has 6 atom stereocenters. The van der Waals surface area contributed by atoms with Crippen molar-refractivity contribution >= 4 is 99.3 Å². The van der Waals surface area contributed by atoms with Crippen LogP contribution in [0.15, 0.2) is 290 Å². The van der Waals surface area contributed by atoms with Gasteiger partial charge in [0.15, 0.2) is 29.1 Å². The summed E-state index contributed by atoms with van der Waals surface area (Å²) in [5, 5.41) is 67.7. The van der Waals surface area contributed by atoms with E-state index in [2.05, 4.69) is 59.3 Å². The van der Waals surface area contributed by atoms with Crippen molar-refractivity contribution < 1.29 is 227 Å². The fourth-order valence-corrected chi connectivity index (χ4v) is 14.1. The standard InChI is InChI=1S/C16H10F6N2O3S.2C16H11F5N2O3S.C16H11F5N2.C10H7F3O.C10H15NO.C6H6F2N2.2Na/c17-8-1-4-13(12(19)5-8)24-14(7-15(23-24)16(20,21)22)10-3-2-9(6-11(10)18)28-27-26-25;2*17-10-3-6-13(12(18)7-10)23-14(8-15(22-23)16(19,20)21)9-1-4-11(5-2-9)27-26-25-24;17-11-6-7-13(12(18)8-11)23-14(10-4-2-1-3-5-10)9-15(22-23)16(19,20)21;11-10(12,13)9(14)7-6-8-4-2-1-3-5-8;1-8(11-2)10(12)9-6-4-3-5-7-9;7-4-1-2-6(10-9)5(8)3-4;;/h1-6,14,25H,7H2;2*1-7,14,24H,8H2;1-8,14H,9H2;1-7H;3-8,10-12H,1-2H3;1-3,10H,9H2;;/q;;;;;;;2*+1/p-2/b;;;;7-6+;;;;/t2*14-;;;;8-,10-;;;/m11...1.../s1. The van der Waals surface area contributed by atoms with E-state index in [-0.39, 0.29) is 98.4 Å². The molecule has 4 aliphatic rings. The topological polar surface area (TPSA) is 272 Å². The van der Waals surface area contributed by atoms with Gasteiger partial charge in [-0.2, -0.15) is 94.9 Å². The Morgan fingerprint density at radius 3 is 1.05 bits per heavy atom. The molecule has 53 heteroatoms. The minimum absolute atomic E-state index is 0. The Bertz CT molecular complexity index is 5990. The van der Waals surface area contributed by atoms with Crippen molar-refractivity contribution in [1.82, 2.24) is 5.32 Å². The summed E-state index contributed by atoms with van der Waals surface area (Å²) in [6, 6.07) is 51.0. The van der Waals surface area contributed by atoms with Crippen LogP contribution in [0.3, 0.4) is 0 Å². The predicted molar refractivity (Wildman–Crippen MR) is 462 cm³/mol. The first-order valence-corrected chi connectivity index (χ1v) is 42.0. The predicted octanol–water partition coefficient (Wildman–Crippen LogP) is 17.8. The molecule has 4 heterocycles. The molecule has 0 radical (unpaired) electrons. The maximum atomic E-state index is 14.5. The van der Waals surface area contributed by atoms with E-state index in [1.165, 1.54) is 60.7 Å². The summed E-state index contributed by atoms with van der Waals surface area (Å²) < 4.78 is 353. The SMILES string of the molecule is CN[C@H](C)[C@@H](O)c1ccccc1.Fc1ccc(N2N=C(C(F)(F)F)CC2c2ccccc2)c(F)c1.NNc1ccc(F)cc1F.O=C(/C=C/c1ccccc1)C(F)(F)F.OOOSc1ccc([C@H]2CC(C(F)(F)F)=NN2c2ccc(F)cc2F)cc1.[Na+].[Na+].[O-]OOSc1ccc(C2CC(C(F)(F)F)=NN2c2ccc(F)cc2F)cc1.[O-]OOSc1ccc([C@H]2CC(C(F)(F)F)=NN2c2ccc(F)cc2F)c(F)c1. The number of allylic oxidation sites excluding steroid dienone is 1. The maximum Gasteiger partial charge on any atom is 1.00 e. The molecule has 11 aromatic rings. The number of anilines is 5. The van der Waals surface area contributed by atoms with E-state index in [1.54, 1.807) is 60.7 Å². The number of halogens is 26. The maximum absolute atomic E-state index is 14.5. The second-order valence-corrected chi connectivity index (χ2v) is 31.3. The van der Waals surface area contributed by atoms with Crippen molar-refractivity contribution in [2.24, 2.45) is 26.2 Å². The number of likely N-dealkylation sites (N-methyl/N-ethyl adjacent to an activating group) is 1. The minimum Gasteiger partial charge on any atom is -0.691 e. The molecular weight excluding hydrogens is 2050 g/mol. The van der Waals surface area contributed by atoms with Crippen LogP contribution in [0.1, 0.15) is 96.3 Å². The van der Waals surface area contributed by atoms with E-state index in [0.717, 1.165) is 99.5 Å². The van der Waals surface area contributed by atoms with Crippen molar-refractivity contribution in [3.63, 3.8) is 0 Å². The van der Waals surface area contributed by atoms with E-state index in [9.17, 15) is 135 Å². The van der Waals surface area contributed by atoms with Crippen molar-refractivity contribution in [2.45, 2.75) is 114 Å². The summed E-state index contributed by atoms with van der Waals surface area (Å²) >= 11 is 1.69. The molecule has 0 spiro atoms. The zero-order chi connectivity index (χ0) is 103. The Kier molecular flexibility index (Phi) is 45.8. The van der Waals surface area contributed by atoms with Gasteiger partial charge in [-0.05, 0) is 145 Å². The Morgan fingerprint density at radius 2 is 0.727 bits per heavy atom. The molecule has 0 fully saturated rings. The number of nitrogens with one attached hydrogen (secondary N) is 2. The molecule has 22 nitrogen and oxygen atoms in total. The summed E-state index contributed by atoms with van der Waals surface area (Å²) in [5.74, 6) is -6.78. The van der Waals surface area contributed by atoms with Crippen LogP contribution >= 0.6 is 36.1 Å².